The summed E-state index contributed by atoms with van der Waals surface area (Å²) in [5, 5.41) is 0.0231. The lowest BCUT2D eigenvalue weighted by molar-refractivity contribution is -0.170. The van der Waals surface area contributed by atoms with Gasteiger partial charge in [0.1, 0.15) is 0 Å². The van der Waals surface area contributed by atoms with Crippen LogP contribution in [-0.2, 0) is 9.47 Å². The Hall–Kier alpha value is -0.0500. The molecule has 1 aliphatic heterocycles. The molecule has 0 unspecified atom stereocenters. The van der Waals surface area contributed by atoms with Crippen molar-refractivity contribution in [2.24, 2.45) is 11.8 Å². The molecule has 2 aliphatic carbocycles. The smallest absolute Gasteiger partial charge is 0.191 e. The van der Waals surface area contributed by atoms with Crippen molar-refractivity contribution in [3.05, 3.63) is 12.2 Å². The zero-order chi connectivity index (χ0) is 8.18. The highest BCUT2D eigenvalue weighted by molar-refractivity contribution is 6.22. The Morgan fingerprint density at radius 1 is 1.25 bits per heavy atom. The molecule has 3 aliphatic rings. The zero-order valence-corrected chi connectivity index (χ0v) is 7.46. The van der Waals surface area contributed by atoms with E-state index >= 15 is 0 Å². The highest BCUT2D eigenvalue weighted by atomic mass is 35.5. The van der Waals surface area contributed by atoms with Crippen LogP contribution in [-0.4, -0.2) is 24.4 Å². The van der Waals surface area contributed by atoms with E-state index in [2.05, 4.69) is 12.2 Å². The van der Waals surface area contributed by atoms with E-state index in [0.717, 1.165) is 6.42 Å². The Labute approximate surface area is 76.5 Å². The van der Waals surface area contributed by atoms with Gasteiger partial charge in [-0.3, -0.25) is 0 Å². The van der Waals surface area contributed by atoms with Crippen LogP contribution in [0.3, 0.4) is 0 Å². The molecule has 1 heterocycles. The van der Waals surface area contributed by atoms with Gasteiger partial charge >= 0.3 is 0 Å². The lowest BCUT2D eigenvalue weighted by atomic mass is 10.00. The molecule has 3 rings (SSSR count). The van der Waals surface area contributed by atoms with Gasteiger partial charge in [-0.25, -0.2) is 0 Å². The minimum atomic E-state index is -0.457. The minimum absolute atomic E-state index is 0.0231. The Morgan fingerprint density at radius 2 is 2.00 bits per heavy atom. The van der Waals surface area contributed by atoms with Crippen molar-refractivity contribution >= 4 is 11.6 Å². The van der Waals surface area contributed by atoms with E-state index in [1.165, 1.54) is 0 Å². The second-order valence-electron chi connectivity index (χ2n) is 3.71. The summed E-state index contributed by atoms with van der Waals surface area (Å²) >= 11 is 6.27. The number of fused-ring (bicyclic) bond motifs is 3. The van der Waals surface area contributed by atoms with Gasteiger partial charge < -0.3 is 9.47 Å². The number of ether oxygens (including phenoxy) is 2. The molecule has 0 aromatic carbocycles. The maximum atomic E-state index is 6.27. The van der Waals surface area contributed by atoms with Gasteiger partial charge in [-0.05, 0) is 12.3 Å². The highest BCUT2D eigenvalue weighted by Gasteiger charge is 2.59. The first-order chi connectivity index (χ1) is 5.83. The van der Waals surface area contributed by atoms with Crippen molar-refractivity contribution < 1.29 is 9.47 Å². The molecule has 2 fully saturated rings. The number of halogens is 1. The van der Waals surface area contributed by atoms with Crippen LogP contribution in [0.25, 0.3) is 0 Å². The molecule has 2 nitrogen and oxygen atoms in total. The second-order valence-corrected chi connectivity index (χ2v) is 4.18. The average molecular weight is 187 g/mol. The van der Waals surface area contributed by atoms with Crippen molar-refractivity contribution in [3.63, 3.8) is 0 Å². The molecule has 1 saturated carbocycles. The molecular weight excluding hydrogens is 176 g/mol. The molecule has 1 saturated heterocycles. The Kier molecular flexibility index (Phi) is 1.38. The van der Waals surface area contributed by atoms with Crippen LogP contribution >= 0.6 is 11.6 Å². The summed E-state index contributed by atoms with van der Waals surface area (Å²) in [5.74, 6) is 0.406. The van der Waals surface area contributed by atoms with E-state index in [9.17, 15) is 0 Å². The second kappa shape index (κ2) is 2.25. The summed E-state index contributed by atoms with van der Waals surface area (Å²) in [6.45, 7) is 1.39. The van der Waals surface area contributed by atoms with E-state index in [-0.39, 0.29) is 5.38 Å². The number of rotatable bonds is 0. The van der Waals surface area contributed by atoms with Crippen LogP contribution in [0.4, 0.5) is 0 Å². The zero-order valence-electron chi connectivity index (χ0n) is 6.70. The van der Waals surface area contributed by atoms with E-state index in [4.69, 9.17) is 21.1 Å². The van der Waals surface area contributed by atoms with Crippen LogP contribution in [0.5, 0.6) is 0 Å². The minimum Gasteiger partial charge on any atom is -0.345 e. The van der Waals surface area contributed by atoms with Gasteiger partial charge in [0.25, 0.3) is 0 Å². The number of allylic oxidation sites excluding steroid dienone is 1. The molecule has 0 radical (unpaired) electrons. The molecule has 3 heteroatoms. The molecular formula is C9H11ClO2. The van der Waals surface area contributed by atoms with Crippen LogP contribution < -0.4 is 0 Å². The Morgan fingerprint density at radius 3 is 2.58 bits per heavy atom. The van der Waals surface area contributed by atoms with E-state index in [1.54, 1.807) is 0 Å². The predicted molar refractivity (Wildman–Crippen MR) is 45.0 cm³/mol. The van der Waals surface area contributed by atoms with Crippen molar-refractivity contribution in [3.8, 4) is 0 Å². The fourth-order valence-corrected chi connectivity index (χ4v) is 3.04. The lowest BCUT2D eigenvalue weighted by Crippen LogP contribution is -2.43. The summed E-state index contributed by atoms with van der Waals surface area (Å²) in [6.07, 6.45) is 5.49. The molecule has 2 bridgehead atoms. The third kappa shape index (κ3) is 0.691. The van der Waals surface area contributed by atoms with E-state index in [1.807, 2.05) is 0 Å². The van der Waals surface area contributed by atoms with Gasteiger partial charge in [-0.1, -0.05) is 12.2 Å². The highest BCUT2D eigenvalue weighted by Crippen LogP contribution is 2.53. The fraction of sp³-hybridized carbons (Fsp3) is 0.778. The van der Waals surface area contributed by atoms with Gasteiger partial charge in [0, 0.05) is 5.92 Å². The quantitative estimate of drug-likeness (QED) is 0.422. The first-order valence-corrected chi connectivity index (χ1v) is 4.87. The monoisotopic (exact) mass is 186 g/mol. The van der Waals surface area contributed by atoms with Gasteiger partial charge in [0.15, 0.2) is 5.79 Å². The molecule has 0 amide bonds. The summed E-state index contributed by atoms with van der Waals surface area (Å²) in [7, 11) is 0. The van der Waals surface area contributed by atoms with Crippen LogP contribution in [0, 0.1) is 11.8 Å². The van der Waals surface area contributed by atoms with Gasteiger partial charge in [-0.2, -0.15) is 0 Å². The number of hydrogen-bond donors (Lipinski definition) is 0. The standard InChI is InChI=1S/C9H11ClO2/c10-8-6-1-2-7(5-6)9(8)11-3-4-12-9/h1-2,6-8H,3-5H2/t6-,7-,8+/m1/s1. The van der Waals surface area contributed by atoms with Crippen molar-refractivity contribution in [1.82, 2.24) is 0 Å². The maximum absolute atomic E-state index is 6.27. The normalized spacial score (nSPS) is 47.9. The molecule has 12 heavy (non-hydrogen) atoms. The Balaban J connectivity index is 2.00. The van der Waals surface area contributed by atoms with Crippen LogP contribution in [0.2, 0.25) is 0 Å². The lowest BCUT2D eigenvalue weighted by Gasteiger charge is -2.32. The summed E-state index contributed by atoms with van der Waals surface area (Å²) in [6, 6.07) is 0. The summed E-state index contributed by atoms with van der Waals surface area (Å²) in [5.41, 5.74) is 0. The molecule has 1 spiro atoms. The van der Waals surface area contributed by atoms with Crippen molar-refractivity contribution in [1.29, 1.82) is 0 Å². The molecule has 0 N–H and O–H groups in total. The van der Waals surface area contributed by atoms with E-state index in [0.29, 0.717) is 25.0 Å². The van der Waals surface area contributed by atoms with Crippen molar-refractivity contribution in [2.45, 2.75) is 17.6 Å². The third-order valence-corrected chi connectivity index (χ3v) is 3.76. The first-order valence-electron chi connectivity index (χ1n) is 4.43. The SMILES string of the molecule is Cl[C@H]1[C@@H]2C=C[C@H](C2)C12OCCO2. The molecule has 0 aromatic rings. The summed E-state index contributed by atoms with van der Waals surface area (Å²) in [4.78, 5) is 0. The third-order valence-electron chi connectivity index (χ3n) is 3.13. The van der Waals surface area contributed by atoms with Gasteiger partial charge in [0.05, 0.1) is 18.6 Å². The molecule has 66 valence electrons. The van der Waals surface area contributed by atoms with Crippen molar-refractivity contribution in [2.75, 3.05) is 13.2 Å². The number of hydrogen-bond acceptors (Lipinski definition) is 2. The first kappa shape index (κ1) is 7.36. The topological polar surface area (TPSA) is 18.5 Å². The maximum Gasteiger partial charge on any atom is 0.191 e. The van der Waals surface area contributed by atoms with Gasteiger partial charge in [0.2, 0.25) is 0 Å². The van der Waals surface area contributed by atoms with Crippen LogP contribution in [0.1, 0.15) is 6.42 Å². The van der Waals surface area contributed by atoms with Gasteiger partial charge in [-0.15, -0.1) is 11.6 Å². The molecule has 0 aromatic heterocycles. The fourth-order valence-electron chi connectivity index (χ4n) is 2.56. The van der Waals surface area contributed by atoms with Crippen LogP contribution in [0.15, 0.2) is 12.2 Å². The van der Waals surface area contributed by atoms with E-state index < -0.39 is 5.79 Å². The predicted octanol–water partition coefficient (Wildman–Crippen LogP) is 1.54. The number of alkyl halides is 1. The Bertz CT molecular complexity index is 233. The average Bonchev–Trinajstić information content (AvgIpc) is 2.75. The summed E-state index contributed by atoms with van der Waals surface area (Å²) < 4.78 is 11.3. The largest absolute Gasteiger partial charge is 0.345 e. The molecule has 3 atom stereocenters.